The Hall–Kier alpha value is -0.445. The van der Waals surface area contributed by atoms with E-state index in [0.29, 0.717) is 5.82 Å². The van der Waals surface area contributed by atoms with Gasteiger partial charge in [-0.15, -0.1) is 0 Å². The molecule has 0 aromatic rings. The summed E-state index contributed by atoms with van der Waals surface area (Å²) in [5.41, 5.74) is 4.33. The fraction of sp³-hybridized carbons (Fsp3) is 0.700. The molecule has 0 amide bonds. The second-order valence-electron chi connectivity index (χ2n) is 7.72. The zero-order valence-electron chi connectivity index (χ0n) is 15.6. The summed E-state index contributed by atoms with van der Waals surface area (Å²) in [6.45, 7) is 11.6. The van der Waals surface area contributed by atoms with Crippen LogP contribution >= 0.6 is 11.9 Å². The van der Waals surface area contributed by atoms with Gasteiger partial charge >= 0.3 is 0 Å². The van der Waals surface area contributed by atoms with E-state index >= 15 is 0 Å². The van der Waals surface area contributed by atoms with Crippen LogP contribution in [0.25, 0.3) is 0 Å². The quantitative estimate of drug-likeness (QED) is 0.541. The standard InChI is InChI=1S/C20H31BN2S/c1-15-4-5-16(2)20(17(3)14-15)24-23-12-8-19(9-13-23)22-10-6-18(21)7-11-22/h5,14,18-19H,4,6-13H2,1-3H3. The molecular weight excluding hydrogens is 311 g/mol. The lowest BCUT2D eigenvalue weighted by Crippen LogP contribution is -2.45. The van der Waals surface area contributed by atoms with Crippen LogP contribution in [0.1, 0.15) is 52.9 Å². The van der Waals surface area contributed by atoms with Gasteiger partial charge in [0.05, 0.1) is 7.85 Å². The van der Waals surface area contributed by atoms with Crippen LogP contribution in [-0.4, -0.2) is 49.3 Å². The predicted molar refractivity (Wildman–Crippen MR) is 107 cm³/mol. The Bertz CT molecular complexity index is 536. The van der Waals surface area contributed by atoms with Gasteiger partial charge in [0.1, 0.15) is 0 Å². The molecule has 2 saturated heterocycles. The fourth-order valence-corrected chi connectivity index (χ4v) is 5.15. The van der Waals surface area contributed by atoms with Crippen molar-refractivity contribution >= 4 is 19.8 Å². The predicted octanol–water partition coefficient (Wildman–Crippen LogP) is 4.72. The maximum atomic E-state index is 6.05. The smallest absolute Gasteiger partial charge is 0.0700 e. The van der Waals surface area contributed by atoms with Gasteiger partial charge in [0.15, 0.2) is 0 Å². The Morgan fingerprint density at radius 3 is 2.33 bits per heavy atom. The molecule has 1 aliphatic carbocycles. The Morgan fingerprint density at radius 1 is 1.00 bits per heavy atom. The molecule has 130 valence electrons. The van der Waals surface area contributed by atoms with Gasteiger partial charge < -0.3 is 4.90 Å². The summed E-state index contributed by atoms with van der Waals surface area (Å²) in [6, 6.07) is 0.775. The molecule has 2 fully saturated rings. The Morgan fingerprint density at radius 2 is 1.67 bits per heavy atom. The van der Waals surface area contributed by atoms with Crippen molar-refractivity contribution in [1.29, 1.82) is 0 Å². The monoisotopic (exact) mass is 342 g/mol. The lowest BCUT2D eigenvalue weighted by molar-refractivity contribution is 0.121. The van der Waals surface area contributed by atoms with Crippen LogP contribution in [0.4, 0.5) is 0 Å². The average molecular weight is 342 g/mol. The van der Waals surface area contributed by atoms with Crippen LogP contribution < -0.4 is 0 Å². The van der Waals surface area contributed by atoms with Crippen molar-refractivity contribution in [3.05, 3.63) is 33.8 Å². The molecule has 2 nitrogen and oxygen atoms in total. The van der Waals surface area contributed by atoms with Crippen LogP contribution in [0.3, 0.4) is 0 Å². The zero-order valence-corrected chi connectivity index (χ0v) is 16.4. The molecule has 0 aromatic carbocycles. The van der Waals surface area contributed by atoms with Gasteiger partial charge in [-0.25, -0.2) is 4.31 Å². The van der Waals surface area contributed by atoms with Gasteiger partial charge in [-0.2, -0.15) is 0 Å². The van der Waals surface area contributed by atoms with E-state index in [2.05, 4.69) is 42.1 Å². The number of rotatable bonds is 3. The molecule has 0 atom stereocenters. The third-order valence-corrected chi connectivity index (χ3v) is 7.09. The van der Waals surface area contributed by atoms with E-state index in [1.54, 1.807) is 0 Å². The first kappa shape index (κ1) is 18.3. The molecule has 0 N–H and O–H groups in total. The molecule has 2 heterocycles. The summed E-state index contributed by atoms with van der Waals surface area (Å²) in [5.74, 6) is 0.438. The highest BCUT2D eigenvalue weighted by molar-refractivity contribution is 8.01. The van der Waals surface area contributed by atoms with Crippen LogP contribution in [0.2, 0.25) is 5.82 Å². The van der Waals surface area contributed by atoms with Gasteiger partial charge in [-0.3, -0.25) is 0 Å². The summed E-state index contributed by atoms with van der Waals surface area (Å²) in [6.07, 6.45) is 10.8. The lowest BCUT2D eigenvalue weighted by atomic mass is 9.79. The van der Waals surface area contributed by atoms with Gasteiger partial charge in [0.2, 0.25) is 0 Å². The molecule has 0 spiro atoms. The minimum absolute atomic E-state index is 0.438. The highest BCUT2D eigenvalue weighted by Crippen LogP contribution is 2.36. The topological polar surface area (TPSA) is 6.48 Å². The highest BCUT2D eigenvalue weighted by atomic mass is 32.2. The number of hydrogen-bond donors (Lipinski definition) is 0. The lowest BCUT2D eigenvalue weighted by Gasteiger charge is -2.41. The summed E-state index contributed by atoms with van der Waals surface area (Å²) in [4.78, 5) is 4.16. The molecule has 3 aliphatic rings. The maximum absolute atomic E-state index is 6.05. The first-order chi connectivity index (χ1) is 11.5. The number of likely N-dealkylation sites (tertiary alicyclic amines) is 1. The van der Waals surface area contributed by atoms with Gasteiger partial charge in [0, 0.05) is 24.0 Å². The van der Waals surface area contributed by atoms with Crippen LogP contribution in [0.5, 0.6) is 0 Å². The normalized spacial score (nSPS) is 26.3. The summed E-state index contributed by atoms with van der Waals surface area (Å²) in [7, 11) is 6.05. The second kappa shape index (κ2) is 8.29. The zero-order chi connectivity index (χ0) is 17.1. The SMILES string of the molecule is [B]C1CCN(C2CCN(SC3=C(C)C=C(C)CC=C3C)CC2)CC1. The third-order valence-electron chi connectivity index (χ3n) is 5.64. The van der Waals surface area contributed by atoms with E-state index in [4.69, 9.17) is 7.85 Å². The largest absolute Gasteiger partial charge is 0.300 e. The van der Waals surface area contributed by atoms with Gasteiger partial charge in [0.25, 0.3) is 0 Å². The average Bonchev–Trinajstić information content (AvgIpc) is 2.69. The third kappa shape index (κ3) is 4.59. The highest BCUT2D eigenvalue weighted by Gasteiger charge is 2.28. The first-order valence-electron chi connectivity index (χ1n) is 9.50. The van der Waals surface area contributed by atoms with Crippen molar-refractivity contribution in [2.75, 3.05) is 26.2 Å². The van der Waals surface area contributed by atoms with Crippen molar-refractivity contribution in [2.45, 2.75) is 64.7 Å². The molecule has 0 aromatic heterocycles. The molecule has 24 heavy (non-hydrogen) atoms. The number of hydrogen-bond acceptors (Lipinski definition) is 3. The van der Waals surface area contributed by atoms with Crippen molar-refractivity contribution in [2.24, 2.45) is 0 Å². The van der Waals surface area contributed by atoms with Crippen molar-refractivity contribution in [1.82, 2.24) is 9.21 Å². The summed E-state index contributed by atoms with van der Waals surface area (Å²) < 4.78 is 2.58. The molecule has 0 bridgehead atoms. The molecular formula is C20H31BN2S. The minimum Gasteiger partial charge on any atom is -0.300 e. The molecule has 4 heteroatoms. The van der Waals surface area contributed by atoms with Crippen LogP contribution in [0.15, 0.2) is 33.8 Å². The second-order valence-corrected chi connectivity index (χ2v) is 8.83. The summed E-state index contributed by atoms with van der Waals surface area (Å²) in [5, 5.41) is 0. The van der Waals surface area contributed by atoms with Crippen LogP contribution in [-0.2, 0) is 0 Å². The van der Waals surface area contributed by atoms with Gasteiger partial charge in [-0.1, -0.05) is 23.5 Å². The Balaban J connectivity index is 1.54. The maximum Gasteiger partial charge on any atom is 0.0700 e. The van der Waals surface area contributed by atoms with Gasteiger partial charge in [-0.05, 0) is 89.1 Å². The fourth-order valence-electron chi connectivity index (χ4n) is 4.07. The molecule has 0 unspecified atom stereocenters. The van der Waals surface area contributed by atoms with Crippen molar-refractivity contribution in [3.8, 4) is 0 Å². The van der Waals surface area contributed by atoms with E-state index in [-0.39, 0.29) is 0 Å². The number of piperidine rings is 2. The van der Waals surface area contributed by atoms with E-state index in [1.807, 2.05) is 11.9 Å². The molecule has 2 radical (unpaired) electrons. The molecule has 3 rings (SSSR count). The Kier molecular flexibility index (Phi) is 6.34. The van der Waals surface area contributed by atoms with E-state index < -0.39 is 0 Å². The van der Waals surface area contributed by atoms with E-state index in [0.717, 1.165) is 12.5 Å². The molecule has 2 aliphatic heterocycles. The van der Waals surface area contributed by atoms with E-state index in [9.17, 15) is 0 Å². The van der Waals surface area contributed by atoms with Crippen molar-refractivity contribution in [3.63, 3.8) is 0 Å². The van der Waals surface area contributed by atoms with Crippen LogP contribution in [0, 0.1) is 0 Å². The Labute approximate surface area is 154 Å². The van der Waals surface area contributed by atoms with Crippen molar-refractivity contribution < 1.29 is 0 Å². The van der Waals surface area contributed by atoms with E-state index in [1.165, 1.54) is 73.5 Å². The number of allylic oxidation sites excluding steroid dienone is 5. The minimum atomic E-state index is 0.438. The first-order valence-corrected chi connectivity index (χ1v) is 10.3. The summed E-state index contributed by atoms with van der Waals surface area (Å²) >= 11 is 1.98. The molecule has 0 saturated carbocycles. The number of nitrogens with zero attached hydrogens (tertiary/aromatic N) is 2.